The first-order chi connectivity index (χ1) is 14.9. The average Bonchev–Trinajstić information content (AvgIpc) is 3.17. The van der Waals surface area contributed by atoms with E-state index in [1.54, 1.807) is 46.2 Å². The molecule has 4 rings (SSSR count). The lowest BCUT2D eigenvalue weighted by molar-refractivity contribution is -0.138. The van der Waals surface area contributed by atoms with Crippen molar-refractivity contribution in [2.45, 2.75) is 19.3 Å². The van der Waals surface area contributed by atoms with Crippen molar-refractivity contribution in [1.82, 2.24) is 9.88 Å². The van der Waals surface area contributed by atoms with E-state index in [9.17, 15) is 14.4 Å². The number of likely N-dealkylation sites (tertiary alicyclic amines) is 1. The number of hydrogen-bond donors (Lipinski definition) is 1. The maximum absolute atomic E-state index is 13.1. The van der Waals surface area contributed by atoms with Crippen LogP contribution in [0.5, 0.6) is 0 Å². The standard InChI is InChI=1S/C22H22Cl2N4O3/c23-16-3-6-18(7-4-16)28-13-15(10-20(28)29)22(31)27-9-1-2-14(12-27)21(30)26-19-8-5-17(24)11-25-19/h3-8,11,14-15H,1-2,9-10,12-13H2,(H,25,26,30). The van der Waals surface area contributed by atoms with Crippen molar-refractivity contribution in [3.8, 4) is 0 Å². The molecule has 1 aromatic heterocycles. The van der Waals surface area contributed by atoms with Gasteiger partial charge < -0.3 is 15.1 Å². The Morgan fingerprint density at radius 2 is 1.74 bits per heavy atom. The first-order valence-corrected chi connectivity index (χ1v) is 10.9. The van der Waals surface area contributed by atoms with Crippen molar-refractivity contribution in [1.29, 1.82) is 0 Å². The summed E-state index contributed by atoms with van der Waals surface area (Å²) in [6.07, 6.45) is 3.07. The molecule has 162 valence electrons. The lowest BCUT2D eigenvalue weighted by Gasteiger charge is -2.33. The fraction of sp³-hybridized carbons (Fsp3) is 0.364. The molecule has 9 heteroatoms. The number of nitrogens with one attached hydrogen (secondary N) is 1. The zero-order chi connectivity index (χ0) is 22.0. The van der Waals surface area contributed by atoms with Gasteiger partial charge in [0.25, 0.3) is 0 Å². The Bertz CT molecular complexity index is 981. The molecule has 7 nitrogen and oxygen atoms in total. The van der Waals surface area contributed by atoms with Gasteiger partial charge in [-0.05, 0) is 49.2 Å². The smallest absolute Gasteiger partial charge is 0.230 e. The highest BCUT2D eigenvalue weighted by Crippen LogP contribution is 2.29. The zero-order valence-corrected chi connectivity index (χ0v) is 18.3. The van der Waals surface area contributed by atoms with Crippen LogP contribution in [-0.4, -0.2) is 47.2 Å². The second-order valence-corrected chi connectivity index (χ2v) is 8.73. The van der Waals surface area contributed by atoms with Gasteiger partial charge in [-0.2, -0.15) is 0 Å². The van der Waals surface area contributed by atoms with E-state index in [1.165, 1.54) is 6.20 Å². The topological polar surface area (TPSA) is 82.6 Å². The molecular weight excluding hydrogens is 439 g/mol. The van der Waals surface area contributed by atoms with Gasteiger partial charge in [-0.1, -0.05) is 23.2 Å². The van der Waals surface area contributed by atoms with Crippen molar-refractivity contribution >= 4 is 52.4 Å². The Morgan fingerprint density at radius 3 is 2.45 bits per heavy atom. The van der Waals surface area contributed by atoms with Crippen molar-refractivity contribution < 1.29 is 14.4 Å². The molecular formula is C22H22Cl2N4O3. The average molecular weight is 461 g/mol. The summed E-state index contributed by atoms with van der Waals surface area (Å²) in [6, 6.07) is 10.3. The lowest BCUT2D eigenvalue weighted by atomic mass is 9.95. The first kappa shape index (κ1) is 21.6. The van der Waals surface area contributed by atoms with E-state index < -0.39 is 5.92 Å². The normalized spacial score (nSPS) is 21.3. The van der Waals surface area contributed by atoms with E-state index in [-0.39, 0.29) is 30.1 Å². The lowest BCUT2D eigenvalue weighted by Crippen LogP contribution is -2.46. The fourth-order valence-corrected chi connectivity index (χ4v) is 4.31. The third-order valence-corrected chi connectivity index (χ3v) is 6.17. The van der Waals surface area contributed by atoms with E-state index in [0.717, 1.165) is 12.1 Å². The molecule has 0 bridgehead atoms. The Morgan fingerprint density at radius 1 is 1.00 bits per heavy atom. The van der Waals surface area contributed by atoms with E-state index >= 15 is 0 Å². The van der Waals surface area contributed by atoms with Gasteiger partial charge in [0, 0.05) is 43.0 Å². The Hall–Kier alpha value is -2.64. The van der Waals surface area contributed by atoms with Crippen molar-refractivity contribution in [3.05, 3.63) is 52.6 Å². The molecule has 2 aromatic rings. The van der Waals surface area contributed by atoms with Crippen LogP contribution in [-0.2, 0) is 14.4 Å². The Balaban J connectivity index is 1.37. The quantitative estimate of drug-likeness (QED) is 0.754. The second-order valence-electron chi connectivity index (χ2n) is 7.86. The number of rotatable bonds is 4. The third kappa shape index (κ3) is 4.99. The number of anilines is 2. The highest BCUT2D eigenvalue weighted by Gasteiger charge is 2.39. The molecule has 2 atom stereocenters. The third-order valence-electron chi connectivity index (χ3n) is 5.70. The fourth-order valence-electron chi connectivity index (χ4n) is 4.07. The number of pyridine rings is 1. The van der Waals surface area contributed by atoms with Crippen molar-refractivity contribution in [3.63, 3.8) is 0 Å². The highest BCUT2D eigenvalue weighted by atomic mass is 35.5. The molecule has 2 aliphatic rings. The van der Waals surface area contributed by atoms with Gasteiger partial charge in [0.05, 0.1) is 16.9 Å². The minimum atomic E-state index is -0.414. The summed E-state index contributed by atoms with van der Waals surface area (Å²) < 4.78 is 0. The van der Waals surface area contributed by atoms with Crippen LogP contribution in [0, 0.1) is 11.8 Å². The number of amides is 3. The highest BCUT2D eigenvalue weighted by molar-refractivity contribution is 6.30. The van der Waals surface area contributed by atoms with Crippen LogP contribution in [0.3, 0.4) is 0 Å². The molecule has 2 unspecified atom stereocenters. The molecule has 0 spiro atoms. The summed E-state index contributed by atoms with van der Waals surface area (Å²) in [6.45, 7) is 1.26. The van der Waals surface area contributed by atoms with Crippen LogP contribution in [0.1, 0.15) is 19.3 Å². The number of nitrogens with zero attached hydrogens (tertiary/aromatic N) is 3. The van der Waals surface area contributed by atoms with Crippen LogP contribution in [0.4, 0.5) is 11.5 Å². The number of aromatic nitrogens is 1. The van der Waals surface area contributed by atoms with Gasteiger partial charge in [0.1, 0.15) is 5.82 Å². The Kier molecular flexibility index (Phi) is 6.43. The van der Waals surface area contributed by atoms with Gasteiger partial charge in [-0.15, -0.1) is 0 Å². The summed E-state index contributed by atoms with van der Waals surface area (Å²) in [4.78, 5) is 45.7. The summed E-state index contributed by atoms with van der Waals surface area (Å²) in [5, 5.41) is 3.87. The monoisotopic (exact) mass is 460 g/mol. The molecule has 0 saturated carbocycles. The second kappa shape index (κ2) is 9.24. The van der Waals surface area contributed by atoms with Crippen LogP contribution in [0.15, 0.2) is 42.6 Å². The maximum Gasteiger partial charge on any atom is 0.230 e. The summed E-state index contributed by atoms with van der Waals surface area (Å²) in [7, 11) is 0. The first-order valence-electron chi connectivity index (χ1n) is 10.2. The van der Waals surface area contributed by atoms with Gasteiger partial charge in [0.15, 0.2) is 0 Å². The summed E-state index contributed by atoms with van der Waals surface area (Å²) in [5.74, 6) is -0.634. The van der Waals surface area contributed by atoms with Crippen molar-refractivity contribution in [2.24, 2.45) is 11.8 Å². The molecule has 3 amide bonds. The van der Waals surface area contributed by atoms with Crippen molar-refractivity contribution in [2.75, 3.05) is 29.9 Å². The maximum atomic E-state index is 13.1. The SMILES string of the molecule is O=C(Nc1ccc(Cl)cn1)C1CCCN(C(=O)C2CC(=O)N(c3ccc(Cl)cc3)C2)C1. The largest absolute Gasteiger partial charge is 0.342 e. The molecule has 2 aliphatic heterocycles. The molecule has 2 fully saturated rings. The predicted molar refractivity (Wildman–Crippen MR) is 119 cm³/mol. The van der Waals surface area contributed by atoms with Crippen LogP contribution < -0.4 is 10.2 Å². The number of benzene rings is 1. The number of hydrogen-bond acceptors (Lipinski definition) is 4. The van der Waals surface area contributed by atoms with Gasteiger partial charge in [0.2, 0.25) is 17.7 Å². The minimum absolute atomic E-state index is 0.0769. The molecule has 1 N–H and O–H groups in total. The van der Waals surface area contributed by atoms with Gasteiger partial charge in [-0.25, -0.2) is 4.98 Å². The number of carbonyl (C=O) groups excluding carboxylic acids is 3. The summed E-state index contributed by atoms with van der Waals surface area (Å²) >= 11 is 11.8. The number of halogens is 2. The molecule has 31 heavy (non-hydrogen) atoms. The van der Waals surface area contributed by atoms with Crippen LogP contribution >= 0.6 is 23.2 Å². The van der Waals surface area contributed by atoms with Gasteiger partial charge >= 0.3 is 0 Å². The molecule has 0 radical (unpaired) electrons. The van der Waals surface area contributed by atoms with Gasteiger partial charge in [-0.3, -0.25) is 14.4 Å². The van der Waals surface area contributed by atoms with E-state index in [4.69, 9.17) is 23.2 Å². The Labute approximate surface area is 190 Å². The summed E-state index contributed by atoms with van der Waals surface area (Å²) in [5.41, 5.74) is 0.732. The van der Waals surface area contributed by atoms with E-state index in [2.05, 4.69) is 10.3 Å². The number of piperidine rings is 1. The van der Waals surface area contributed by atoms with E-state index in [1.807, 2.05) is 0 Å². The van der Waals surface area contributed by atoms with E-state index in [0.29, 0.717) is 41.9 Å². The molecule has 2 saturated heterocycles. The predicted octanol–water partition coefficient (Wildman–Crippen LogP) is 3.62. The van der Waals surface area contributed by atoms with Crippen LogP contribution in [0.25, 0.3) is 0 Å². The molecule has 1 aromatic carbocycles. The molecule has 3 heterocycles. The number of carbonyl (C=O) groups is 3. The minimum Gasteiger partial charge on any atom is -0.342 e. The van der Waals surface area contributed by atoms with Crippen LogP contribution in [0.2, 0.25) is 10.0 Å². The zero-order valence-electron chi connectivity index (χ0n) is 16.8. The molecule has 0 aliphatic carbocycles.